The van der Waals surface area contributed by atoms with E-state index in [1.54, 1.807) is 54.6 Å². The average molecular weight is 326 g/mol. The Hall–Kier alpha value is -2.49. The van der Waals surface area contributed by atoms with Crippen LogP contribution in [0.25, 0.3) is 0 Å². The quantitative estimate of drug-likeness (QED) is 0.603. The molecule has 4 heteroatoms. The number of halogens is 1. The molecule has 1 saturated carbocycles. The zero-order valence-corrected chi connectivity index (χ0v) is 13.3. The molecule has 1 atom stereocenters. The Morgan fingerprint density at radius 2 is 1.46 bits per heavy atom. The van der Waals surface area contributed by atoms with Gasteiger partial charge in [0.25, 0.3) is 0 Å². The van der Waals surface area contributed by atoms with Gasteiger partial charge >= 0.3 is 5.97 Å². The van der Waals surface area contributed by atoms with Gasteiger partial charge in [0.2, 0.25) is 11.5 Å². The maximum absolute atomic E-state index is 14.7. The maximum Gasteiger partial charge on any atom is 0.344 e. The predicted octanol–water partition coefficient (Wildman–Crippen LogP) is 4.44. The number of Topliss-reactive ketones (excluding diaryl/α,β-unsaturated/α-hetero) is 1. The second-order valence-electron chi connectivity index (χ2n) is 6.10. The van der Waals surface area contributed by atoms with Crippen LogP contribution < -0.4 is 0 Å². The second-order valence-corrected chi connectivity index (χ2v) is 6.10. The molecule has 3 nitrogen and oxygen atoms in total. The van der Waals surface area contributed by atoms with Crippen LogP contribution >= 0.6 is 0 Å². The molecule has 1 unspecified atom stereocenters. The van der Waals surface area contributed by atoms with Crippen LogP contribution in [0, 0.1) is 0 Å². The summed E-state index contributed by atoms with van der Waals surface area (Å²) >= 11 is 0. The fourth-order valence-electron chi connectivity index (χ4n) is 3.01. The van der Waals surface area contributed by atoms with Gasteiger partial charge in [-0.15, -0.1) is 0 Å². The van der Waals surface area contributed by atoms with Crippen LogP contribution in [0.5, 0.6) is 0 Å². The number of benzene rings is 2. The first-order valence-corrected chi connectivity index (χ1v) is 8.14. The number of rotatable bonds is 5. The topological polar surface area (TPSA) is 43.4 Å². The van der Waals surface area contributed by atoms with Crippen LogP contribution in [0.15, 0.2) is 60.7 Å². The third kappa shape index (κ3) is 3.37. The van der Waals surface area contributed by atoms with E-state index in [0.717, 1.165) is 0 Å². The number of carbonyl (C=O) groups is 2. The number of hydrogen-bond acceptors (Lipinski definition) is 3. The lowest BCUT2D eigenvalue weighted by Crippen LogP contribution is -2.35. The summed E-state index contributed by atoms with van der Waals surface area (Å²) in [5, 5.41) is 0. The number of alkyl halides is 1. The number of hydrogen-bond donors (Lipinski definition) is 0. The molecule has 2 aromatic rings. The lowest BCUT2D eigenvalue weighted by molar-refractivity contribution is -0.161. The molecule has 0 aromatic heterocycles. The van der Waals surface area contributed by atoms with Crippen molar-refractivity contribution in [2.24, 2.45) is 0 Å². The highest BCUT2D eigenvalue weighted by atomic mass is 19.1. The SMILES string of the molecule is O=C(c1ccccc1)C(OC(=O)C1(F)CCCC1)c1ccccc1. The largest absolute Gasteiger partial charge is 0.447 e. The van der Waals surface area contributed by atoms with E-state index in [2.05, 4.69) is 0 Å². The molecule has 0 saturated heterocycles. The van der Waals surface area contributed by atoms with Crippen molar-refractivity contribution in [2.75, 3.05) is 0 Å². The molecule has 2 aromatic carbocycles. The summed E-state index contributed by atoms with van der Waals surface area (Å²) in [5.41, 5.74) is -0.996. The first-order chi connectivity index (χ1) is 11.6. The van der Waals surface area contributed by atoms with E-state index in [1.807, 2.05) is 6.07 Å². The summed E-state index contributed by atoms with van der Waals surface area (Å²) in [6, 6.07) is 17.3. The number of ether oxygens (including phenoxy) is 1. The van der Waals surface area contributed by atoms with Gasteiger partial charge in [-0.3, -0.25) is 4.79 Å². The van der Waals surface area contributed by atoms with Gasteiger partial charge in [-0.1, -0.05) is 60.7 Å². The highest BCUT2D eigenvalue weighted by Gasteiger charge is 2.44. The van der Waals surface area contributed by atoms with Crippen LogP contribution in [0.1, 0.15) is 47.7 Å². The van der Waals surface area contributed by atoms with Gasteiger partial charge < -0.3 is 4.74 Å². The van der Waals surface area contributed by atoms with Gasteiger partial charge in [-0.2, -0.15) is 0 Å². The average Bonchev–Trinajstić information content (AvgIpc) is 3.08. The molecule has 0 bridgehead atoms. The fourth-order valence-corrected chi connectivity index (χ4v) is 3.01. The first-order valence-electron chi connectivity index (χ1n) is 8.14. The Labute approximate surface area is 140 Å². The molecule has 0 radical (unpaired) electrons. The number of carbonyl (C=O) groups excluding carboxylic acids is 2. The highest BCUT2D eigenvalue weighted by Crippen LogP contribution is 2.36. The van der Waals surface area contributed by atoms with Crippen LogP contribution in [0.4, 0.5) is 4.39 Å². The van der Waals surface area contributed by atoms with Crippen molar-refractivity contribution in [3.63, 3.8) is 0 Å². The van der Waals surface area contributed by atoms with Crippen molar-refractivity contribution in [1.82, 2.24) is 0 Å². The fraction of sp³-hybridized carbons (Fsp3) is 0.300. The van der Waals surface area contributed by atoms with E-state index >= 15 is 0 Å². The molecule has 0 amide bonds. The molecule has 3 rings (SSSR count). The van der Waals surface area contributed by atoms with Crippen LogP contribution in [0.2, 0.25) is 0 Å². The Kier molecular flexibility index (Phi) is 4.74. The van der Waals surface area contributed by atoms with Gasteiger partial charge in [-0.25, -0.2) is 9.18 Å². The zero-order chi connectivity index (χ0) is 17.0. The monoisotopic (exact) mass is 326 g/mol. The maximum atomic E-state index is 14.7. The Morgan fingerprint density at radius 3 is 2.04 bits per heavy atom. The molecule has 1 aliphatic carbocycles. The molecule has 124 valence electrons. The minimum absolute atomic E-state index is 0.160. The summed E-state index contributed by atoms with van der Waals surface area (Å²) in [5.74, 6) is -1.28. The van der Waals surface area contributed by atoms with Crippen molar-refractivity contribution >= 4 is 11.8 Å². The molecule has 0 heterocycles. The van der Waals surface area contributed by atoms with Crippen LogP contribution in [-0.2, 0) is 9.53 Å². The van der Waals surface area contributed by atoms with E-state index in [4.69, 9.17) is 4.74 Å². The third-order valence-electron chi connectivity index (χ3n) is 4.39. The lowest BCUT2D eigenvalue weighted by Gasteiger charge is -2.23. The predicted molar refractivity (Wildman–Crippen MR) is 88.4 cm³/mol. The zero-order valence-electron chi connectivity index (χ0n) is 13.3. The summed E-state index contributed by atoms with van der Waals surface area (Å²) in [4.78, 5) is 25.1. The summed E-state index contributed by atoms with van der Waals surface area (Å²) < 4.78 is 20.0. The summed E-state index contributed by atoms with van der Waals surface area (Å²) in [6.07, 6.45) is 0.511. The Morgan fingerprint density at radius 1 is 0.917 bits per heavy atom. The highest BCUT2D eigenvalue weighted by molar-refractivity contribution is 6.01. The molecule has 0 spiro atoms. The normalized spacial score (nSPS) is 17.2. The van der Waals surface area contributed by atoms with Crippen molar-refractivity contribution in [3.05, 3.63) is 71.8 Å². The lowest BCUT2D eigenvalue weighted by atomic mass is 9.99. The molecule has 1 fully saturated rings. The van der Waals surface area contributed by atoms with Crippen molar-refractivity contribution in [1.29, 1.82) is 0 Å². The molecule has 0 N–H and O–H groups in total. The number of esters is 1. The minimum atomic E-state index is -1.97. The minimum Gasteiger partial charge on any atom is -0.447 e. The summed E-state index contributed by atoms with van der Waals surface area (Å²) in [6.45, 7) is 0. The third-order valence-corrected chi connectivity index (χ3v) is 4.39. The van der Waals surface area contributed by atoms with E-state index in [1.165, 1.54) is 0 Å². The number of ketones is 1. The van der Waals surface area contributed by atoms with E-state index < -0.39 is 17.7 Å². The van der Waals surface area contributed by atoms with Gasteiger partial charge in [0, 0.05) is 11.1 Å². The van der Waals surface area contributed by atoms with E-state index in [9.17, 15) is 14.0 Å². The second kappa shape index (κ2) is 6.95. The Bertz CT molecular complexity index is 706. The standard InChI is InChI=1S/C20H19FO3/c21-20(13-7-8-14-20)19(23)24-18(16-11-5-2-6-12-16)17(22)15-9-3-1-4-10-15/h1-6,9-12,18H,7-8,13-14H2. The van der Waals surface area contributed by atoms with Gasteiger partial charge in [0.1, 0.15) is 0 Å². The molecule has 1 aliphatic rings. The van der Waals surface area contributed by atoms with Gasteiger partial charge in [0.15, 0.2) is 6.10 Å². The molecule has 24 heavy (non-hydrogen) atoms. The van der Waals surface area contributed by atoms with Crippen molar-refractivity contribution in [2.45, 2.75) is 37.5 Å². The molecule has 0 aliphatic heterocycles. The van der Waals surface area contributed by atoms with Crippen LogP contribution in [0.3, 0.4) is 0 Å². The van der Waals surface area contributed by atoms with E-state index in [-0.39, 0.29) is 18.6 Å². The Balaban J connectivity index is 1.88. The van der Waals surface area contributed by atoms with Gasteiger partial charge in [0.05, 0.1) is 0 Å². The van der Waals surface area contributed by atoms with Crippen molar-refractivity contribution < 1.29 is 18.7 Å². The molecular formula is C20H19FO3. The van der Waals surface area contributed by atoms with Crippen LogP contribution in [-0.4, -0.2) is 17.4 Å². The molecular weight excluding hydrogens is 307 g/mol. The first kappa shape index (κ1) is 16.4. The summed E-state index contributed by atoms with van der Waals surface area (Å²) in [7, 11) is 0. The van der Waals surface area contributed by atoms with Gasteiger partial charge in [-0.05, 0) is 25.7 Å². The smallest absolute Gasteiger partial charge is 0.344 e. The van der Waals surface area contributed by atoms with E-state index in [0.29, 0.717) is 24.0 Å². The van der Waals surface area contributed by atoms with Crippen molar-refractivity contribution in [3.8, 4) is 0 Å².